The van der Waals surface area contributed by atoms with Crippen molar-refractivity contribution in [2.24, 2.45) is 0 Å². The molecule has 0 N–H and O–H groups in total. The Balaban J connectivity index is 1.83. The van der Waals surface area contributed by atoms with Crippen molar-refractivity contribution in [1.29, 1.82) is 0 Å². The van der Waals surface area contributed by atoms with E-state index in [1.807, 2.05) is 0 Å². The molecule has 0 fully saturated rings. The molecule has 31 heavy (non-hydrogen) atoms. The number of ether oxygens (including phenoxy) is 3. The van der Waals surface area contributed by atoms with Gasteiger partial charge in [0.2, 0.25) is 0 Å². The Hall–Kier alpha value is -2.11. The van der Waals surface area contributed by atoms with Gasteiger partial charge >= 0.3 is 5.97 Å². The zero-order chi connectivity index (χ0) is 22.4. The molecule has 0 amide bonds. The zero-order valence-electron chi connectivity index (χ0n) is 16.5. The summed E-state index contributed by atoms with van der Waals surface area (Å²) in [6, 6.07) is 15.1. The van der Waals surface area contributed by atoms with Gasteiger partial charge in [0.15, 0.2) is 11.5 Å². The van der Waals surface area contributed by atoms with Crippen molar-refractivity contribution in [3.05, 3.63) is 91.4 Å². The first-order valence-electron chi connectivity index (χ1n) is 9.32. The minimum Gasteiger partial charge on any atom is -0.485 e. The molecular formula is C23H18Cl4O4. The molecule has 8 heteroatoms. The topological polar surface area (TPSA) is 44.8 Å². The molecule has 4 nitrogen and oxygen atoms in total. The normalized spacial score (nSPS) is 10.6. The van der Waals surface area contributed by atoms with Crippen LogP contribution in [0, 0.1) is 0 Å². The van der Waals surface area contributed by atoms with Gasteiger partial charge in [0.25, 0.3) is 0 Å². The van der Waals surface area contributed by atoms with E-state index in [0.29, 0.717) is 37.2 Å². The third-order valence-electron chi connectivity index (χ3n) is 4.25. The Morgan fingerprint density at radius 1 is 0.742 bits per heavy atom. The van der Waals surface area contributed by atoms with Gasteiger partial charge in [-0.1, -0.05) is 58.5 Å². The number of rotatable bonds is 8. The SMILES string of the molecule is CCOC(=O)c1ccc(OCc2ccc(Cl)cc2Cl)c(OCc2ccc(Cl)cc2Cl)c1. The predicted molar refractivity (Wildman–Crippen MR) is 124 cm³/mol. The largest absolute Gasteiger partial charge is 0.485 e. The van der Waals surface area contributed by atoms with Crippen molar-refractivity contribution in [2.45, 2.75) is 20.1 Å². The lowest BCUT2D eigenvalue weighted by Gasteiger charge is -2.15. The van der Waals surface area contributed by atoms with Gasteiger partial charge < -0.3 is 14.2 Å². The number of hydrogen-bond acceptors (Lipinski definition) is 4. The van der Waals surface area contributed by atoms with Gasteiger partial charge in [-0.25, -0.2) is 4.79 Å². The highest BCUT2D eigenvalue weighted by Gasteiger charge is 2.14. The second-order valence-corrected chi connectivity index (χ2v) is 8.12. The van der Waals surface area contributed by atoms with E-state index >= 15 is 0 Å². The first kappa shape index (κ1) is 23.6. The number of esters is 1. The number of carbonyl (C=O) groups excluding carboxylic acids is 1. The molecule has 0 aliphatic carbocycles. The number of hydrogen-bond donors (Lipinski definition) is 0. The van der Waals surface area contributed by atoms with Crippen LogP contribution in [-0.2, 0) is 18.0 Å². The van der Waals surface area contributed by atoms with Crippen LogP contribution in [0.5, 0.6) is 11.5 Å². The molecule has 3 rings (SSSR count). The van der Waals surface area contributed by atoms with Crippen LogP contribution in [0.1, 0.15) is 28.4 Å². The first-order chi connectivity index (χ1) is 14.9. The molecule has 3 aromatic rings. The standard InChI is InChI=1S/C23H18Cl4O4/c1-2-29-23(28)14-5-8-21(30-12-15-3-6-17(24)10-19(15)26)22(9-14)31-13-16-4-7-18(25)11-20(16)27/h3-11H,2,12-13H2,1H3. The van der Waals surface area contributed by atoms with Gasteiger partial charge in [-0.2, -0.15) is 0 Å². The number of halogens is 4. The van der Waals surface area contributed by atoms with E-state index in [9.17, 15) is 4.79 Å². The fraction of sp³-hybridized carbons (Fsp3) is 0.174. The average molecular weight is 500 g/mol. The van der Waals surface area contributed by atoms with E-state index in [4.69, 9.17) is 60.6 Å². The van der Waals surface area contributed by atoms with Crippen molar-refractivity contribution >= 4 is 52.4 Å². The summed E-state index contributed by atoms with van der Waals surface area (Å²) in [5.41, 5.74) is 1.84. The van der Waals surface area contributed by atoms with Gasteiger partial charge in [-0.15, -0.1) is 0 Å². The minimum atomic E-state index is -0.454. The molecular weight excluding hydrogens is 482 g/mol. The molecule has 0 unspecified atom stereocenters. The molecule has 0 spiro atoms. The van der Waals surface area contributed by atoms with Gasteiger partial charge in [0.05, 0.1) is 12.2 Å². The third kappa shape index (κ3) is 6.44. The average Bonchev–Trinajstić information content (AvgIpc) is 2.73. The van der Waals surface area contributed by atoms with E-state index in [2.05, 4.69) is 0 Å². The van der Waals surface area contributed by atoms with Crippen LogP contribution in [0.2, 0.25) is 20.1 Å². The molecule has 3 aromatic carbocycles. The second kappa shape index (κ2) is 11.0. The summed E-state index contributed by atoms with van der Waals surface area (Å²) < 4.78 is 16.9. The van der Waals surface area contributed by atoms with Gasteiger partial charge in [0, 0.05) is 31.2 Å². The summed E-state index contributed by atoms with van der Waals surface area (Å²) in [6.45, 7) is 2.35. The molecule has 0 heterocycles. The fourth-order valence-electron chi connectivity index (χ4n) is 2.67. The first-order valence-corrected chi connectivity index (χ1v) is 10.8. The maximum Gasteiger partial charge on any atom is 0.338 e. The molecule has 0 atom stereocenters. The van der Waals surface area contributed by atoms with E-state index in [0.717, 1.165) is 11.1 Å². The Morgan fingerprint density at radius 3 is 1.81 bits per heavy atom. The van der Waals surface area contributed by atoms with Crippen LogP contribution in [-0.4, -0.2) is 12.6 Å². The Bertz CT molecular complexity index is 1090. The lowest BCUT2D eigenvalue weighted by atomic mass is 10.2. The van der Waals surface area contributed by atoms with Gasteiger partial charge in [-0.3, -0.25) is 0 Å². The maximum atomic E-state index is 12.1. The van der Waals surface area contributed by atoms with Crippen molar-refractivity contribution in [2.75, 3.05) is 6.61 Å². The lowest BCUT2D eigenvalue weighted by molar-refractivity contribution is 0.0525. The highest BCUT2D eigenvalue weighted by molar-refractivity contribution is 6.35. The zero-order valence-corrected chi connectivity index (χ0v) is 19.5. The minimum absolute atomic E-state index is 0.153. The summed E-state index contributed by atoms with van der Waals surface area (Å²) in [5.74, 6) is 0.343. The Morgan fingerprint density at radius 2 is 1.29 bits per heavy atom. The fourth-order valence-corrected chi connectivity index (χ4v) is 3.60. The van der Waals surface area contributed by atoms with Crippen molar-refractivity contribution < 1.29 is 19.0 Å². The van der Waals surface area contributed by atoms with E-state index in [-0.39, 0.29) is 19.8 Å². The Labute approximate surface area is 200 Å². The van der Waals surface area contributed by atoms with E-state index in [1.165, 1.54) is 0 Å². The van der Waals surface area contributed by atoms with Gasteiger partial charge in [-0.05, 0) is 49.4 Å². The summed E-state index contributed by atoms with van der Waals surface area (Å²) >= 11 is 24.4. The summed E-state index contributed by atoms with van der Waals surface area (Å²) in [5, 5.41) is 2.04. The summed E-state index contributed by atoms with van der Waals surface area (Å²) in [7, 11) is 0. The highest BCUT2D eigenvalue weighted by Crippen LogP contribution is 2.32. The van der Waals surface area contributed by atoms with Crippen LogP contribution in [0.4, 0.5) is 0 Å². The van der Waals surface area contributed by atoms with Crippen LogP contribution >= 0.6 is 46.4 Å². The molecule has 0 radical (unpaired) electrons. The molecule has 0 aromatic heterocycles. The van der Waals surface area contributed by atoms with Crippen LogP contribution in [0.15, 0.2) is 54.6 Å². The van der Waals surface area contributed by atoms with Crippen LogP contribution < -0.4 is 9.47 Å². The molecule has 0 aliphatic heterocycles. The molecule has 0 bridgehead atoms. The molecule has 0 aliphatic rings. The lowest BCUT2D eigenvalue weighted by Crippen LogP contribution is -2.07. The molecule has 162 valence electrons. The van der Waals surface area contributed by atoms with Crippen LogP contribution in [0.25, 0.3) is 0 Å². The van der Waals surface area contributed by atoms with E-state index < -0.39 is 5.97 Å². The highest BCUT2D eigenvalue weighted by atomic mass is 35.5. The van der Waals surface area contributed by atoms with Crippen LogP contribution in [0.3, 0.4) is 0 Å². The predicted octanol–water partition coefficient (Wildman–Crippen LogP) is 7.63. The molecule has 0 saturated heterocycles. The van der Waals surface area contributed by atoms with Crippen molar-refractivity contribution in [1.82, 2.24) is 0 Å². The number of carbonyl (C=O) groups is 1. The monoisotopic (exact) mass is 498 g/mol. The smallest absolute Gasteiger partial charge is 0.338 e. The number of benzene rings is 3. The van der Waals surface area contributed by atoms with Crippen molar-refractivity contribution in [3.63, 3.8) is 0 Å². The van der Waals surface area contributed by atoms with Gasteiger partial charge in [0.1, 0.15) is 13.2 Å². The quantitative estimate of drug-likeness (QED) is 0.299. The van der Waals surface area contributed by atoms with E-state index in [1.54, 1.807) is 61.5 Å². The summed E-state index contributed by atoms with van der Waals surface area (Å²) in [6.07, 6.45) is 0. The second-order valence-electron chi connectivity index (χ2n) is 6.43. The summed E-state index contributed by atoms with van der Waals surface area (Å²) in [4.78, 5) is 12.1. The Kier molecular flexibility index (Phi) is 8.33. The third-order valence-corrected chi connectivity index (χ3v) is 5.43. The maximum absolute atomic E-state index is 12.1. The molecule has 0 saturated carbocycles. The van der Waals surface area contributed by atoms with Crippen molar-refractivity contribution in [3.8, 4) is 11.5 Å².